The molecule has 2 aromatic rings. The summed E-state index contributed by atoms with van der Waals surface area (Å²) in [6.45, 7) is 0. The molecular formula is C18H10F12N2O2. The summed E-state index contributed by atoms with van der Waals surface area (Å²) in [7, 11) is 0. The number of nitrogens with one attached hydrogen (secondary N) is 2. The van der Waals surface area contributed by atoms with Crippen molar-refractivity contribution in [2.75, 3.05) is 10.6 Å². The van der Waals surface area contributed by atoms with Crippen molar-refractivity contribution in [3.8, 4) is 5.75 Å². The molecule has 0 aliphatic heterocycles. The number of amides is 2. The summed E-state index contributed by atoms with van der Waals surface area (Å²) in [5, 5.41) is 3.66. The molecule has 188 valence electrons. The lowest BCUT2D eigenvalue weighted by molar-refractivity contribution is -0.305. The van der Waals surface area contributed by atoms with E-state index in [0.717, 1.165) is 12.1 Å². The smallest absolute Gasteiger partial charge is 0.430 e. The zero-order chi connectivity index (χ0) is 26.1. The van der Waals surface area contributed by atoms with Crippen LogP contribution in [0.4, 0.5) is 68.9 Å². The minimum absolute atomic E-state index is 0.168. The molecule has 0 spiro atoms. The number of carbonyl (C=O) groups is 1. The van der Waals surface area contributed by atoms with Crippen molar-refractivity contribution in [2.45, 2.75) is 30.8 Å². The lowest BCUT2D eigenvalue weighted by atomic mass is 10.1. The van der Waals surface area contributed by atoms with Gasteiger partial charge in [-0.25, -0.2) is 9.18 Å². The second kappa shape index (κ2) is 9.13. The Labute approximate surface area is 181 Å². The predicted molar refractivity (Wildman–Crippen MR) is 92.1 cm³/mol. The molecule has 0 saturated heterocycles. The summed E-state index contributed by atoms with van der Waals surface area (Å²) in [6.07, 6.45) is -26.2. The number of carbonyl (C=O) groups excluding carboxylic acids is 1. The highest BCUT2D eigenvalue weighted by molar-refractivity contribution is 5.99. The van der Waals surface area contributed by atoms with Gasteiger partial charge in [-0.15, -0.1) is 0 Å². The van der Waals surface area contributed by atoms with Crippen molar-refractivity contribution >= 4 is 17.4 Å². The van der Waals surface area contributed by atoms with Gasteiger partial charge in [-0.1, -0.05) is 0 Å². The van der Waals surface area contributed by atoms with Gasteiger partial charge in [0.1, 0.15) is 5.75 Å². The number of benzene rings is 2. The molecule has 0 aliphatic carbocycles. The minimum atomic E-state index is -5.92. The molecule has 0 bridgehead atoms. The average Bonchev–Trinajstić information content (AvgIpc) is 2.66. The molecule has 2 aromatic carbocycles. The van der Waals surface area contributed by atoms with E-state index in [0.29, 0.717) is 12.1 Å². The van der Waals surface area contributed by atoms with Crippen LogP contribution in [0.1, 0.15) is 11.1 Å². The zero-order valence-electron chi connectivity index (χ0n) is 16.0. The molecule has 4 nitrogen and oxygen atoms in total. The van der Waals surface area contributed by atoms with Crippen LogP contribution in [-0.4, -0.2) is 24.5 Å². The van der Waals surface area contributed by atoms with Crippen molar-refractivity contribution in [1.29, 1.82) is 0 Å². The summed E-state index contributed by atoms with van der Waals surface area (Å²) < 4.78 is 156. The number of ether oxygens (including phenoxy) is 1. The Kier molecular flexibility index (Phi) is 7.23. The molecule has 2 N–H and O–H groups in total. The minimum Gasteiger partial charge on any atom is -0.430 e. The number of halogens is 12. The fourth-order valence-electron chi connectivity index (χ4n) is 2.33. The quantitative estimate of drug-likeness (QED) is 0.414. The molecule has 16 heteroatoms. The highest BCUT2D eigenvalue weighted by Gasteiger charge is 2.59. The first kappa shape index (κ1) is 26.9. The van der Waals surface area contributed by atoms with E-state index in [1.165, 1.54) is 0 Å². The molecule has 1 atom stereocenters. The van der Waals surface area contributed by atoms with E-state index in [4.69, 9.17) is 0 Å². The Bertz CT molecular complexity index is 981. The van der Waals surface area contributed by atoms with Gasteiger partial charge in [0.05, 0.1) is 11.1 Å². The van der Waals surface area contributed by atoms with E-state index < -0.39 is 59.4 Å². The first-order chi connectivity index (χ1) is 15.3. The van der Waals surface area contributed by atoms with Crippen LogP contribution in [0.15, 0.2) is 42.5 Å². The Balaban J connectivity index is 2.13. The Hall–Kier alpha value is -3.33. The fraction of sp³-hybridized carbons (Fsp3) is 0.278. The maximum absolute atomic E-state index is 13.2. The molecule has 0 fully saturated rings. The number of urea groups is 1. The van der Waals surface area contributed by atoms with Crippen LogP contribution >= 0.6 is 0 Å². The van der Waals surface area contributed by atoms with Crippen molar-refractivity contribution in [1.82, 2.24) is 0 Å². The molecule has 34 heavy (non-hydrogen) atoms. The maximum Gasteiger partial charge on any atom is 0.439 e. The van der Waals surface area contributed by atoms with Crippen LogP contribution in [0, 0.1) is 0 Å². The van der Waals surface area contributed by atoms with E-state index in [9.17, 15) is 57.5 Å². The van der Waals surface area contributed by atoms with Crippen LogP contribution in [0.3, 0.4) is 0 Å². The lowest BCUT2D eigenvalue weighted by Gasteiger charge is -2.23. The predicted octanol–water partition coefficient (Wildman–Crippen LogP) is 7.24. The van der Waals surface area contributed by atoms with Crippen molar-refractivity contribution in [2.24, 2.45) is 0 Å². The Morgan fingerprint density at radius 3 is 1.56 bits per heavy atom. The number of rotatable bonds is 5. The fourth-order valence-corrected chi connectivity index (χ4v) is 2.33. The van der Waals surface area contributed by atoms with E-state index in [-0.39, 0.29) is 23.9 Å². The van der Waals surface area contributed by atoms with Gasteiger partial charge in [-0.3, -0.25) is 0 Å². The van der Waals surface area contributed by atoms with E-state index >= 15 is 0 Å². The topological polar surface area (TPSA) is 50.4 Å². The number of hydrogen-bond donors (Lipinski definition) is 2. The third-order valence-electron chi connectivity index (χ3n) is 3.79. The molecule has 0 aliphatic rings. The second-order valence-electron chi connectivity index (χ2n) is 6.47. The van der Waals surface area contributed by atoms with Gasteiger partial charge in [0.15, 0.2) is 0 Å². The highest BCUT2D eigenvalue weighted by atomic mass is 19.4. The number of hydrogen-bond acceptors (Lipinski definition) is 2. The third kappa shape index (κ3) is 7.08. The Morgan fingerprint density at radius 2 is 1.15 bits per heavy atom. The lowest BCUT2D eigenvalue weighted by Crippen LogP contribution is -2.45. The first-order valence-electron chi connectivity index (χ1n) is 8.54. The van der Waals surface area contributed by atoms with Gasteiger partial charge in [-0.2, -0.15) is 48.3 Å². The molecule has 2 rings (SSSR count). The summed E-state index contributed by atoms with van der Waals surface area (Å²) in [5.74, 6) is -0.949. The third-order valence-corrected chi connectivity index (χ3v) is 3.79. The number of alkyl halides is 12. The monoisotopic (exact) mass is 514 g/mol. The molecular weight excluding hydrogens is 504 g/mol. The second-order valence-corrected chi connectivity index (χ2v) is 6.47. The molecule has 0 radical (unpaired) electrons. The van der Waals surface area contributed by atoms with Gasteiger partial charge in [0, 0.05) is 11.4 Å². The summed E-state index contributed by atoms with van der Waals surface area (Å²) >= 11 is 0. The van der Waals surface area contributed by atoms with Crippen molar-refractivity contribution in [3.63, 3.8) is 0 Å². The average molecular weight is 514 g/mol. The maximum atomic E-state index is 13.2. The summed E-state index contributed by atoms with van der Waals surface area (Å²) in [4.78, 5) is 11.9. The highest BCUT2D eigenvalue weighted by Crippen LogP contribution is 2.38. The van der Waals surface area contributed by atoms with Gasteiger partial charge < -0.3 is 15.4 Å². The van der Waals surface area contributed by atoms with Crippen molar-refractivity contribution < 1.29 is 62.2 Å². The van der Waals surface area contributed by atoms with Crippen molar-refractivity contribution in [3.05, 3.63) is 53.6 Å². The van der Waals surface area contributed by atoms with E-state index in [2.05, 4.69) is 4.74 Å². The van der Waals surface area contributed by atoms with Crippen LogP contribution in [0.25, 0.3) is 0 Å². The molecule has 1 unspecified atom stereocenters. The molecule has 2 amide bonds. The van der Waals surface area contributed by atoms with Gasteiger partial charge in [-0.05, 0) is 42.5 Å². The molecule has 0 saturated carbocycles. The van der Waals surface area contributed by atoms with Crippen LogP contribution in [0.5, 0.6) is 5.75 Å². The number of anilines is 2. The van der Waals surface area contributed by atoms with Gasteiger partial charge in [0.2, 0.25) is 0 Å². The summed E-state index contributed by atoms with van der Waals surface area (Å²) in [6, 6.07) is 1.67. The van der Waals surface area contributed by atoms with Crippen LogP contribution in [-0.2, 0) is 12.4 Å². The van der Waals surface area contributed by atoms with Crippen LogP contribution < -0.4 is 15.4 Å². The van der Waals surface area contributed by atoms with Gasteiger partial charge >= 0.3 is 30.7 Å². The standard InChI is InChI=1S/C18H10F12N2O2/c19-13(17(26,27)28)18(29,30)34-12-3-1-10(2-4-12)31-14(33)32-11-6-8(15(20,21)22)5-9(7-11)16(23,24)25/h1-7,13H,(H2,31,32,33). The molecule has 0 aromatic heterocycles. The zero-order valence-corrected chi connectivity index (χ0v) is 16.0. The summed E-state index contributed by atoms with van der Waals surface area (Å²) in [5.41, 5.74) is -4.58. The Morgan fingerprint density at radius 1 is 0.706 bits per heavy atom. The normalized spacial score (nSPS) is 13.9. The van der Waals surface area contributed by atoms with Crippen LogP contribution in [0.2, 0.25) is 0 Å². The SMILES string of the molecule is O=C(Nc1ccc(OC(F)(F)C(F)C(F)(F)F)cc1)Nc1cc(C(F)(F)F)cc(C(F)(F)F)c1. The largest absolute Gasteiger partial charge is 0.439 e. The van der Waals surface area contributed by atoms with E-state index in [1.807, 2.05) is 5.32 Å². The first-order valence-corrected chi connectivity index (χ1v) is 8.54. The van der Waals surface area contributed by atoms with E-state index in [1.54, 1.807) is 5.32 Å². The molecule has 0 heterocycles. The van der Waals surface area contributed by atoms with Gasteiger partial charge in [0.25, 0.3) is 6.17 Å².